The monoisotopic (exact) mass is 244 g/mol. The van der Waals surface area contributed by atoms with Gasteiger partial charge in [-0.1, -0.05) is 13.8 Å². The SMILES string of the molecule is CCC(=O)c1cnn(CCS(=O)(=O)CC)c1. The van der Waals surface area contributed by atoms with Crippen LogP contribution >= 0.6 is 0 Å². The fraction of sp³-hybridized carbons (Fsp3) is 0.600. The fourth-order valence-corrected chi connectivity index (χ4v) is 1.96. The Morgan fingerprint density at radius 1 is 1.44 bits per heavy atom. The summed E-state index contributed by atoms with van der Waals surface area (Å²) in [5, 5.41) is 3.95. The highest BCUT2D eigenvalue weighted by molar-refractivity contribution is 7.91. The molecule has 0 aliphatic heterocycles. The molecule has 1 heterocycles. The molecule has 0 amide bonds. The van der Waals surface area contributed by atoms with Crippen molar-refractivity contribution < 1.29 is 13.2 Å². The Hall–Kier alpha value is -1.17. The molecule has 0 aliphatic carbocycles. The third kappa shape index (κ3) is 3.44. The zero-order chi connectivity index (χ0) is 12.2. The molecule has 0 unspecified atom stereocenters. The van der Waals surface area contributed by atoms with E-state index in [9.17, 15) is 13.2 Å². The molecule has 0 atom stereocenters. The molecule has 1 aromatic heterocycles. The molecular formula is C10H16N2O3S. The summed E-state index contributed by atoms with van der Waals surface area (Å²) in [7, 11) is -2.98. The van der Waals surface area contributed by atoms with Gasteiger partial charge in [0.25, 0.3) is 0 Å². The first-order valence-corrected chi connectivity index (χ1v) is 7.06. The number of aryl methyl sites for hydroxylation is 1. The lowest BCUT2D eigenvalue weighted by Crippen LogP contribution is -2.14. The van der Waals surface area contributed by atoms with Crippen LogP contribution in [0.5, 0.6) is 0 Å². The van der Waals surface area contributed by atoms with Crippen LogP contribution in [0.1, 0.15) is 30.6 Å². The molecule has 1 rings (SSSR count). The van der Waals surface area contributed by atoms with Crippen LogP contribution in [0.3, 0.4) is 0 Å². The van der Waals surface area contributed by atoms with Crippen molar-refractivity contribution in [1.29, 1.82) is 0 Å². The molecule has 0 saturated carbocycles. The minimum atomic E-state index is -2.98. The van der Waals surface area contributed by atoms with Crippen LogP contribution in [-0.4, -0.2) is 35.5 Å². The van der Waals surface area contributed by atoms with E-state index in [2.05, 4.69) is 5.10 Å². The molecule has 90 valence electrons. The van der Waals surface area contributed by atoms with Gasteiger partial charge in [0.15, 0.2) is 15.6 Å². The van der Waals surface area contributed by atoms with Gasteiger partial charge in [-0.3, -0.25) is 9.48 Å². The van der Waals surface area contributed by atoms with Crippen LogP contribution in [0.4, 0.5) is 0 Å². The molecule has 0 fully saturated rings. The Bertz CT molecular complexity index is 462. The van der Waals surface area contributed by atoms with Crippen molar-refractivity contribution in [2.45, 2.75) is 26.8 Å². The number of nitrogens with zero attached hydrogens (tertiary/aromatic N) is 2. The Morgan fingerprint density at radius 3 is 2.69 bits per heavy atom. The number of carbonyl (C=O) groups is 1. The van der Waals surface area contributed by atoms with Gasteiger partial charge in [-0.05, 0) is 0 Å². The highest BCUT2D eigenvalue weighted by Crippen LogP contribution is 2.02. The summed E-state index contributed by atoms with van der Waals surface area (Å²) in [5.74, 6) is 0.213. The number of hydrogen-bond donors (Lipinski definition) is 0. The topological polar surface area (TPSA) is 69.0 Å². The molecule has 0 aromatic carbocycles. The standard InChI is InChI=1S/C10H16N2O3S/c1-3-10(13)9-7-11-12(8-9)5-6-16(14,15)4-2/h7-8H,3-6H2,1-2H3. The molecule has 0 N–H and O–H groups in total. The summed E-state index contributed by atoms with van der Waals surface area (Å²) in [6.07, 6.45) is 3.50. The quantitative estimate of drug-likeness (QED) is 0.697. The number of aromatic nitrogens is 2. The number of rotatable bonds is 6. The van der Waals surface area contributed by atoms with Gasteiger partial charge in [-0.15, -0.1) is 0 Å². The van der Waals surface area contributed by atoms with E-state index in [4.69, 9.17) is 0 Å². The number of carbonyl (C=O) groups excluding carboxylic acids is 1. The van der Waals surface area contributed by atoms with E-state index < -0.39 is 9.84 Å². The van der Waals surface area contributed by atoms with Gasteiger partial charge in [-0.25, -0.2) is 8.42 Å². The van der Waals surface area contributed by atoms with E-state index in [-0.39, 0.29) is 17.3 Å². The molecule has 5 nitrogen and oxygen atoms in total. The van der Waals surface area contributed by atoms with Crippen molar-refractivity contribution in [1.82, 2.24) is 9.78 Å². The second-order valence-corrected chi connectivity index (χ2v) is 5.98. The van der Waals surface area contributed by atoms with Gasteiger partial charge in [0.1, 0.15) is 0 Å². The van der Waals surface area contributed by atoms with Crippen LogP contribution in [-0.2, 0) is 16.4 Å². The highest BCUT2D eigenvalue weighted by atomic mass is 32.2. The van der Waals surface area contributed by atoms with Gasteiger partial charge in [-0.2, -0.15) is 5.10 Å². The molecule has 1 aromatic rings. The maximum Gasteiger partial charge on any atom is 0.165 e. The van der Waals surface area contributed by atoms with E-state index in [0.29, 0.717) is 18.5 Å². The van der Waals surface area contributed by atoms with Gasteiger partial charge in [0.05, 0.1) is 24.1 Å². The maximum absolute atomic E-state index is 11.3. The van der Waals surface area contributed by atoms with Crippen LogP contribution in [0.2, 0.25) is 0 Å². The van der Waals surface area contributed by atoms with Gasteiger partial charge < -0.3 is 0 Å². The Morgan fingerprint density at radius 2 is 2.12 bits per heavy atom. The Kier molecular flexibility index (Phi) is 4.23. The molecule has 0 aliphatic rings. The number of Topliss-reactive ketones (excluding diaryl/α,β-unsaturated/α-hetero) is 1. The first-order valence-electron chi connectivity index (χ1n) is 5.24. The third-order valence-electron chi connectivity index (χ3n) is 2.35. The molecule has 16 heavy (non-hydrogen) atoms. The molecule has 0 spiro atoms. The third-order valence-corrected chi connectivity index (χ3v) is 4.03. The predicted molar refractivity (Wildman–Crippen MR) is 61.2 cm³/mol. The summed E-state index contributed by atoms with van der Waals surface area (Å²) < 4.78 is 24.0. The van der Waals surface area contributed by atoms with E-state index in [1.807, 2.05) is 0 Å². The molecular weight excluding hydrogens is 228 g/mol. The van der Waals surface area contributed by atoms with Crippen molar-refractivity contribution in [3.8, 4) is 0 Å². The van der Waals surface area contributed by atoms with Crippen LogP contribution in [0.25, 0.3) is 0 Å². The average molecular weight is 244 g/mol. The summed E-state index contributed by atoms with van der Waals surface area (Å²) in [6, 6.07) is 0. The lowest BCUT2D eigenvalue weighted by atomic mass is 10.2. The van der Waals surface area contributed by atoms with Crippen LogP contribution in [0, 0.1) is 0 Å². The van der Waals surface area contributed by atoms with E-state index >= 15 is 0 Å². The molecule has 6 heteroatoms. The Labute approximate surface area is 95.4 Å². The van der Waals surface area contributed by atoms with Crippen molar-refractivity contribution in [2.75, 3.05) is 11.5 Å². The Balaban J connectivity index is 2.63. The second kappa shape index (κ2) is 5.25. The van der Waals surface area contributed by atoms with Crippen molar-refractivity contribution in [3.05, 3.63) is 18.0 Å². The lowest BCUT2D eigenvalue weighted by Gasteiger charge is -2.01. The lowest BCUT2D eigenvalue weighted by molar-refractivity contribution is 0.0988. The average Bonchev–Trinajstić information content (AvgIpc) is 2.74. The summed E-state index contributed by atoms with van der Waals surface area (Å²) >= 11 is 0. The predicted octanol–water partition coefficient (Wildman–Crippen LogP) is 0.910. The minimum absolute atomic E-state index is 0.0181. The van der Waals surface area contributed by atoms with Gasteiger partial charge in [0, 0.05) is 18.4 Å². The van der Waals surface area contributed by atoms with Crippen molar-refractivity contribution >= 4 is 15.6 Å². The smallest absolute Gasteiger partial charge is 0.165 e. The molecule has 0 saturated heterocycles. The number of sulfone groups is 1. The zero-order valence-corrected chi connectivity index (χ0v) is 10.3. The summed E-state index contributed by atoms with van der Waals surface area (Å²) in [5.41, 5.74) is 0.538. The van der Waals surface area contributed by atoms with Gasteiger partial charge >= 0.3 is 0 Å². The second-order valence-electron chi connectivity index (χ2n) is 3.51. The molecule has 0 bridgehead atoms. The van der Waals surface area contributed by atoms with E-state index in [0.717, 1.165) is 0 Å². The first-order chi connectivity index (χ1) is 7.48. The number of ketones is 1. The summed E-state index contributed by atoms with van der Waals surface area (Å²) in [6.45, 7) is 3.69. The first kappa shape index (κ1) is 12.9. The highest BCUT2D eigenvalue weighted by Gasteiger charge is 2.10. The number of hydrogen-bond acceptors (Lipinski definition) is 4. The van der Waals surface area contributed by atoms with E-state index in [1.54, 1.807) is 20.0 Å². The van der Waals surface area contributed by atoms with Crippen LogP contribution in [0.15, 0.2) is 12.4 Å². The molecule has 0 radical (unpaired) electrons. The van der Waals surface area contributed by atoms with E-state index in [1.165, 1.54) is 10.9 Å². The van der Waals surface area contributed by atoms with Gasteiger partial charge in [0.2, 0.25) is 0 Å². The largest absolute Gasteiger partial charge is 0.294 e. The zero-order valence-electron chi connectivity index (χ0n) is 9.51. The minimum Gasteiger partial charge on any atom is -0.294 e. The van der Waals surface area contributed by atoms with Crippen molar-refractivity contribution in [3.63, 3.8) is 0 Å². The summed E-state index contributed by atoms with van der Waals surface area (Å²) in [4.78, 5) is 11.3. The fourth-order valence-electron chi connectivity index (χ4n) is 1.21. The van der Waals surface area contributed by atoms with Crippen molar-refractivity contribution in [2.24, 2.45) is 0 Å². The van der Waals surface area contributed by atoms with Crippen LogP contribution < -0.4 is 0 Å². The maximum atomic E-state index is 11.3. The normalized spacial score (nSPS) is 11.6.